The summed E-state index contributed by atoms with van der Waals surface area (Å²) in [6.45, 7) is 0.891. The Hall–Kier alpha value is -0.580. The summed E-state index contributed by atoms with van der Waals surface area (Å²) in [6.07, 6.45) is 2.60. The lowest BCUT2D eigenvalue weighted by atomic mass is 10.2. The maximum atomic E-state index is 12.1. The fourth-order valence-electron chi connectivity index (χ4n) is 1.64. The van der Waals surface area contributed by atoms with Gasteiger partial charge in [-0.25, -0.2) is 0 Å². The maximum Gasteiger partial charge on any atom is 0.253 e. The molecule has 0 radical (unpaired) electrons. The Morgan fingerprint density at radius 3 is 2.67 bits per heavy atom. The quantitative estimate of drug-likeness (QED) is 0.811. The number of aliphatic hydroxyl groups excluding tert-OH is 1. The molecule has 1 rings (SSSR count). The van der Waals surface area contributed by atoms with Crippen molar-refractivity contribution in [3.63, 3.8) is 0 Å². The minimum Gasteiger partial charge on any atom is -0.396 e. The summed E-state index contributed by atoms with van der Waals surface area (Å²) < 4.78 is 0.798. The van der Waals surface area contributed by atoms with Crippen molar-refractivity contribution >= 4 is 33.4 Å². The van der Waals surface area contributed by atoms with Crippen LogP contribution in [0.25, 0.3) is 0 Å². The molecule has 0 aliphatic carbocycles. The molecule has 1 aromatic rings. The molecule has 0 bridgehead atoms. The molecule has 0 saturated carbocycles. The molecule has 0 aliphatic rings. The number of halogens is 2. The molecule has 0 spiro atoms. The van der Waals surface area contributed by atoms with E-state index in [2.05, 4.69) is 15.9 Å². The van der Waals surface area contributed by atoms with Crippen LogP contribution in [-0.2, 0) is 0 Å². The number of unbranched alkanes of at least 4 members (excludes halogenated alkanes) is 2. The SMILES string of the molecule is CN(CCCCCO)C(=O)c1cc(Cl)cc(Br)c1. The highest BCUT2D eigenvalue weighted by atomic mass is 79.9. The third kappa shape index (κ3) is 4.96. The van der Waals surface area contributed by atoms with E-state index in [4.69, 9.17) is 16.7 Å². The van der Waals surface area contributed by atoms with Gasteiger partial charge in [0.2, 0.25) is 0 Å². The van der Waals surface area contributed by atoms with E-state index in [0.717, 1.165) is 23.7 Å². The smallest absolute Gasteiger partial charge is 0.253 e. The van der Waals surface area contributed by atoms with Gasteiger partial charge in [0, 0.05) is 35.3 Å². The highest BCUT2D eigenvalue weighted by Crippen LogP contribution is 2.20. The van der Waals surface area contributed by atoms with Crippen LogP contribution in [0.15, 0.2) is 22.7 Å². The molecule has 0 aromatic heterocycles. The number of benzene rings is 1. The third-order valence-electron chi connectivity index (χ3n) is 2.61. The van der Waals surface area contributed by atoms with Gasteiger partial charge in [0.05, 0.1) is 0 Å². The standard InChI is InChI=1S/C13H17BrClNO2/c1-16(5-3-2-4-6-17)13(18)10-7-11(14)9-12(15)8-10/h7-9,17H,2-6H2,1H3. The molecular formula is C13H17BrClNO2. The summed E-state index contributed by atoms with van der Waals surface area (Å²) in [5.74, 6) is -0.0396. The zero-order valence-electron chi connectivity index (χ0n) is 10.3. The van der Waals surface area contributed by atoms with Crippen LogP contribution < -0.4 is 0 Å². The lowest BCUT2D eigenvalue weighted by Crippen LogP contribution is -2.27. The van der Waals surface area contributed by atoms with E-state index in [9.17, 15) is 4.79 Å². The Balaban J connectivity index is 2.57. The summed E-state index contributed by atoms with van der Waals surface area (Å²) in [4.78, 5) is 13.8. The van der Waals surface area contributed by atoms with Crippen LogP contribution in [0.4, 0.5) is 0 Å². The summed E-state index contributed by atoms with van der Waals surface area (Å²) in [5, 5.41) is 9.22. The molecule has 0 fully saturated rings. The topological polar surface area (TPSA) is 40.5 Å². The minimum absolute atomic E-state index is 0.0396. The van der Waals surface area contributed by atoms with Crippen LogP contribution in [0.5, 0.6) is 0 Å². The van der Waals surface area contributed by atoms with E-state index in [1.165, 1.54) is 0 Å². The predicted molar refractivity (Wildman–Crippen MR) is 77.0 cm³/mol. The van der Waals surface area contributed by atoms with E-state index < -0.39 is 0 Å². The maximum absolute atomic E-state index is 12.1. The van der Waals surface area contributed by atoms with Crippen LogP contribution in [0.2, 0.25) is 5.02 Å². The molecular weight excluding hydrogens is 318 g/mol. The number of aliphatic hydroxyl groups is 1. The number of carbonyl (C=O) groups is 1. The van der Waals surface area contributed by atoms with Crippen LogP contribution >= 0.6 is 27.5 Å². The largest absolute Gasteiger partial charge is 0.396 e. The molecule has 100 valence electrons. The van der Waals surface area contributed by atoms with Crippen molar-refractivity contribution in [3.8, 4) is 0 Å². The Morgan fingerprint density at radius 2 is 2.06 bits per heavy atom. The molecule has 3 nitrogen and oxygen atoms in total. The average molecular weight is 335 g/mol. The first-order valence-corrected chi connectivity index (χ1v) is 7.04. The predicted octanol–water partition coefficient (Wildman–Crippen LogP) is 3.34. The van der Waals surface area contributed by atoms with E-state index in [1.807, 2.05) is 0 Å². The highest BCUT2D eigenvalue weighted by Gasteiger charge is 2.12. The second-order valence-electron chi connectivity index (χ2n) is 4.17. The summed E-state index contributed by atoms with van der Waals surface area (Å²) in [6, 6.07) is 5.18. The normalized spacial score (nSPS) is 10.4. The van der Waals surface area contributed by atoms with Crippen LogP contribution in [0.3, 0.4) is 0 Å². The summed E-state index contributed by atoms with van der Waals surface area (Å²) in [5.41, 5.74) is 0.582. The summed E-state index contributed by atoms with van der Waals surface area (Å²) >= 11 is 9.24. The summed E-state index contributed by atoms with van der Waals surface area (Å²) in [7, 11) is 1.77. The molecule has 0 atom stereocenters. The molecule has 0 saturated heterocycles. The average Bonchev–Trinajstić information content (AvgIpc) is 2.32. The highest BCUT2D eigenvalue weighted by molar-refractivity contribution is 9.10. The number of hydrogen-bond donors (Lipinski definition) is 1. The van der Waals surface area contributed by atoms with Crippen molar-refractivity contribution in [2.24, 2.45) is 0 Å². The van der Waals surface area contributed by atoms with Gasteiger partial charge in [0.1, 0.15) is 0 Å². The molecule has 0 heterocycles. The van der Waals surface area contributed by atoms with Gasteiger partial charge in [-0.1, -0.05) is 27.5 Å². The number of nitrogens with zero attached hydrogens (tertiary/aromatic N) is 1. The fraction of sp³-hybridized carbons (Fsp3) is 0.462. The van der Waals surface area contributed by atoms with Crippen molar-refractivity contribution < 1.29 is 9.90 Å². The second kappa shape index (κ2) is 7.77. The van der Waals surface area contributed by atoms with E-state index >= 15 is 0 Å². The molecule has 1 aromatic carbocycles. The van der Waals surface area contributed by atoms with Gasteiger partial charge in [-0.3, -0.25) is 4.79 Å². The van der Waals surface area contributed by atoms with Crippen molar-refractivity contribution in [3.05, 3.63) is 33.3 Å². The first kappa shape index (κ1) is 15.5. The van der Waals surface area contributed by atoms with Gasteiger partial charge in [0.25, 0.3) is 5.91 Å². The first-order valence-electron chi connectivity index (χ1n) is 5.87. The molecule has 0 unspecified atom stereocenters. The zero-order chi connectivity index (χ0) is 13.5. The van der Waals surface area contributed by atoms with Crippen LogP contribution in [-0.4, -0.2) is 36.1 Å². The molecule has 0 aliphatic heterocycles. The van der Waals surface area contributed by atoms with Gasteiger partial charge in [0.15, 0.2) is 0 Å². The van der Waals surface area contributed by atoms with Gasteiger partial charge in [-0.05, 0) is 37.5 Å². The lowest BCUT2D eigenvalue weighted by Gasteiger charge is -2.17. The van der Waals surface area contributed by atoms with Crippen LogP contribution in [0, 0.1) is 0 Å². The van der Waals surface area contributed by atoms with E-state index in [0.29, 0.717) is 17.1 Å². The molecule has 1 amide bonds. The van der Waals surface area contributed by atoms with Gasteiger partial charge in [-0.2, -0.15) is 0 Å². The fourth-order valence-corrected chi connectivity index (χ4v) is 2.50. The van der Waals surface area contributed by atoms with Crippen molar-refractivity contribution in [1.82, 2.24) is 4.90 Å². The lowest BCUT2D eigenvalue weighted by molar-refractivity contribution is 0.0792. The zero-order valence-corrected chi connectivity index (χ0v) is 12.7. The van der Waals surface area contributed by atoms with Gasteiger partial charge in [-0.15, -0.1) is 0 Å². The molecule has 1 N–H and O–H groups in total. The Bertz CT molecular complexity index is 392. The minimum atomic E-state index is -0.0396. The van der Waals surface area contributed by atoms with Crippen molar-refractivity contribution in [2.75, 3.05) is 20.2 Å². The number of carbonyl (C=O) groups excluding carboxylic acids is 1. The first-order chi connectivity index (χ1) is 8.54. The monoisotopic (exact) mass is 333 g/mol. The van der Waals surface area contributed by atoms with Crippen molar-refractivity contribution in [2.45, 2.75) is 19.3 Å². The molecule has 18 heavy (non-hydrogen) atoms. The van der Waals surface area contributed by atoms with Crippen LogP contribution in [0.1, 0.15) is 29.6 Å². The van der Waals surface area contributed by atoms with Gasteiger partial charge < -0.3 is 10.0 Å². The van der Waals surface area contributed by atoms with E-state index in [-0.39, 0.29) is 12.5 Å². The molecule has 5 heteroatoms. The number of amides is 1. The second-order valence-corrected chi connectivity index (χ2v) is 5.52. The number of rotatable bonds is 6. The number of hydrogen-bond acceptors (Lipinski definition) is 2. The Morgan fingerprint density at radius 1 is 1.33 bits per heavy atom. The van der Waals surface area contributed by atoms with Gasteiger partial charge >= 0.3 is 0 Å². The van der Waals surface area contributed by atoms with Crippen molar-refractivity contribution in [1.29, 1.82) is 0 Å². The Kier molecular flexibility index (Phi) is 6.68. The Labute approximate surface area is 121 Å². The third-order valence-corrected chi connectivity index (χ3v) is 3.28. The van der Waals surface area contributed by atoms with E-state index in [1.54, 1.807) is 30.1 Å².